The van der Waals surface area contributed by atoms with Crippen LogP contribution in [0.5, 0.6) is 5.75 Å². The van der Waals surface area contributed by atoms with Gasteiger partial charge in [0.2, 0.25) is 0 Å². The Kier molecular flexibility index (Phi) is 4.35. The maximum absolute atomic E-state index is 11.9. The third-order valence-corrected chi connectivity index (χ3v) is 2.85. The summed E-state index contributed by atoms with van der Waals surface area (Å²) in [5, 5.41) is 9.50. The Morgan fingerprint density at radius 2 is 2.12 bits per heavy atom. The highest BCUT2D eigenvalue weighted by atomic mass is 79.9. The van der Waals surface area contributed by atoms with E-state index in [1.165, 1.54) is 6.07 Å². The fourth-order valence-corrected chi connectivity index (χ4v) is 1.74. The average Bonchev–Trinajstić information content (AvgIpc) is 2.20. The summed E-state index contributed by atoms with van der Waals surface area (Å²) < 4.78 is 0.593. The molecule has 1 aromatic carbocycles. The molecule has 0 unspecified atom stereocenters. The Bertz CT molecular complexity index is 391. The quantitative estimate of drug-likeness (QED) is 0.928. The molecule has 0 fully saturated rings. The second-order valence-electron chi connectivity index (χ2n) is 4.25. The number of amides is 1. The van der Waals surface area contributed by atoms with Crippen molar-refractivity contribution in [2.75, 3.05) is 13.6 Å². The second-order valence-corrected chi connectivity index (χ2v) is 5.10. The number of hydrogen-bond donors (Lipinski definition) is 1. The molecular formula is C12H16BrNO2. The van der Waals surface area contributed by atoms with E-state index < -0.39 is 0 Å². The Labute approximate surface area is 104 Å². The molecular weight excluding hydrogens is 270 g/mol. The third-order valence-electron chi connectivity index (χ3n) is 2.18. The molecule has 0 atom stereocenters. The molecule has 1 amide bonds. The first-order valence-electron chi connectivity index (χ1n) is 5.15. The molecule has 0 saturated carbocycles. The van der Waals surface area contributed by atoms with E-state index in [0.717, 1.165) is 0 Å². The van der Waals surface area contributed by atoms with E-state index in [-0.39, 0.29) is 11.7 Å². The highest BCUT2D eigenvalue weighted by molar-refractivity contribution is 9.10. The number of nitrogens with zero attached hydrogens (tertiary/aromatic N) is 1. The maximum Gasteiger partial charge on any atom is 0.253 e. The minimum Gasteiger partial charge on any atom is -0.507 e. The van der Waals surface area contributed by atoms with Gasteiger partial charge in [-0.1, -0.05) is 13.8 Å². The number of halogens is 1. The van der Waals surface area contributed by atoms with Crippen molar-refractivity contribution in [1.82, 2.24) is 4.90 Å². The fraction of sp³-hybridized carbons (Fsp3) is 0.417. The minimum absolute atomic E-state index is 0.0727. The largest absolute Gasteiger partial charge is 0.507 e. The third kappa shape index (κ3) is 3.23. The molecule has 0 spiro atoms. The molecule has 1 rings (SSSR count). The van der Waals surface area contributed by atoms with E-state index >= 15 is 0 Å². The lowest BCUT2D eigenvalue weighted by Gasteiger charge is -2.19. The summed E-state index contributed by atoms with van der Waals surface area (Å²) in [6.45, 7) is 4.82. The van der Waals surface area contributed by atoms with Crippen molar-refractivity contribution in [3.05, 3.63) is 28.2 Å². The van der Waals surface area contributed by atoms with E-state index in [4.69, 9.17) is 0 Å². The maximum atomic E-state index is 11.9. The molecule has 0 aliphatic heterocycles. The van der Waals surface area contributed by atoms with Crippen LogP contribution in [-0.2, 0) is 0 Å². The van der Waals surface area contributed by atoms with Crippen molar-refractivity contribution in [3.63, 3.8) is 0 Å². The highest BCUT2D eigenvalue weighted by Gasteiger charge is 2.13. The topological polar surface area (TPSA) is 40.5 Å². The number of aromatic hydroxyl groups is 1. The lowest BCUT2D eigenvalue weighted by Crippen LogP contribution is -2.30. The van der Waals surface area contributed by atoms with Gasteiger partial charge in [-0.2, -0.15) is 0 Å². The van der Waals surface area contributed by atoms with Crippen molar-refractivity contribution in [1.29, 1.82) is 0 Å². The van der Waals surface area contributed by atoms with Gasteiger partial charge in [-0.3, -0.25) is 4.79 Å². The molecule has 3 nitrogen and oxygen atoms in total. The smallest absolute Gasteiger partial charge is 0.253 e. The number of benzene rings is 1. The summed E-state index contributed by atoms with van der Waals surface area (Å²) in [6, 6.07) is 4.85. The van der Waals surface area contributed by atoms with Gasteiger partial charge in [-0.05, 0) is 40.0 Å². The first-order chi connectivity index (χ1) is 7.41. The summed E-state index contributed by atoms with van der Waals surface area (Å²) in [5.74, 6) is 0.443. The van der Waals surface area contributed by atoms with Gasteiger partial charge in [0.25, 0.3) is 5.91 Å². The Balaban J connectivity index is 2.84. The zero-order valence-electron chi connectivity index (χ0n) is 9.70. The van der Waals surface area contributed by atoms with Crippen LogP contribution in [0.25, 0.3) is 0 Å². The Morgan fingerprint density at radius 1 is 1.50 bits per heavy atom. The lowest BCUT2D eigenvalue weighted by atomic mass is 10.1. The van der Waals surface area contributed by atoms with Crippen molar-refractivity contribution >= 4 is 21.8 Å². The van der Waals surface area contributed by atoms with Crippen LogP contribution in [0.3, 0.4) is 0 Å². The zero-order chi connectivity index (χ0) is 12.3. The van der Waals surface area contributed by atoms with Crippen molar-refractivity contribution in [3.8, 4) is 5.75 Å². The second kappa shape index (κ2) is 5.34. The van der Waals surface area contributed by atoms with Crippen LogP contribution >= 0.6 is 15.9 Å². The molecule has 1 N–H and O–H groups in total. The molecule has 0 aliphatic carbocycles. The number of phenolic OH excluding ortho intramolecular Hbond substituents is 1. The fourth-order valence-electron chi connectivity index (χ4n) is 1.50. The molecule has 88 valence electrons. The molecule has 4 heteroatoms. The predicted octanol–water partition coefficient (Wildman–Crippen LogP) is 2.88. The van der Waals surface area contributed by atoms with Crippen LogP contribution in [0.2, 0.25) is 0 Å². The number of rotatable bonds is 3. The van der Waals surface area contributed by atoms with E-state index in [1.54, 1.807) is 24.1 Å². The van der Waals surface area contributed by atoms with Gasteiger partial charge in [-0.15, -0.1) is 0 Å². The van der Waals surface area contributed by atoms with Gasteiger partial charge in [-0.25, -0.2) is 0 Å². The van der Waals surface area contributed by atoms with Crippen LogP contribution < -0.4 is 0 Å². The molecule has 0 bridgehead atoms. The number of phenols is 1. The number of carbonyl (C=O) groups is 1. The molecule has 0 aliphatic rings. The van der Waals surface area contributed by atoms with Crippen molar-refractivity contribution in [2.24, 2.45) is 5.92 Å². The molecule has 16 heavy (non-hydrogen) atoms. The number of hydrogen-bond acceptors (Lipinski definition) is 2. The Hall–Kier alpha value is -1.03. The van der Waals surface area contributed by atoms with Gasteiger partial charge in [0, 0.05) is 19.2 Å². The standard InChI is InChI=1S/C12H16BrNO2/c1-8(2)7-14(3)12(16)9-4-5-10(13)11(15)6-9/h4-6,8,15H,7H2,1-3H3. The van der Waals surface area contributed by atoms with Crippen LogP contribution in [0.1, 0.15) is 24.2 Å². The minimum atomic E-state index is -0.0727. The SMILES string of the molecule is CC(C)CN(C)C(=O)c1ccc(Br)c(O)c1. The lowest BCUT2D eigenvalue weighted by molar-refractivity contribution is 0.0778. The average molecular weight is 286 g/mol. The summed E-state index contributed by atoms with van der Waals surface area (Å²) in [7, 11) is 1.77. The van der Waals surface area contributed by atoms with E-state index in [0.29, 0.717) is 22.5 Å². The van der Waals surface area contributed by atoms with Gasteiger partial charge in [0.05, 0.1) is 4.47 Å². The van der Waals surface area contributed by atoms with E-state index in [9.17, 15) is 9.90 Å². The summed E-state index contributed by atoms with van der Waals surface area (Å²) >= 11 is 3.18. The van der Waals surface area contributed by atoms with Crippen LogP contribution in [-0.4, -0.2) is 29.5 Å². The molecule has 0 saturated heterocycles. The van der Waals surface area contributed by atoms with Gasteiger partial charge in [0.1, 0.15) is 5.75 Å². The first-order valence-corrected chi connectivity index (χ1v) is 5.95. The Morgan fingerprint density at radius 3 is 2.62 bits per heavy atom. The number of carbonyl (C=O) groups excluding carboxylic acids is 1. The van der Waals surface area contributed by atoms with Gasteiger partial charge >= 0.3 is 0 Å². The van der Waals surface area contributed by atoms with Crippen LogP contribution in [0, 0.1) is 5.92 Å². The zero-order valence-corrected chi connectivity index (χ0v) is 11.3. The van der Waals surface area contributed by atoms with Crippen LogP contribution in [0.15, 0.2) is 22.7 Å². The van der Waals surface area contributed by atoms with E-state index in [1.807, 2.05) is 0 Å². The molecule has 0 radical (unpaired) electrons. The molecule has 0 aromatic heterocycles. The highest BCUT2D eigenvalue weighted by Crippen LogP contribution is 2.24. The van der Waals surface area contributed by atoms with Gasteiger partial charge in [0.15, 0.2) is 0 Å². The van der Waals surface area contributed by atoms with E-state index in [2.05, 4.69) is 29.8 Å². The summed E-state index contributed by atoms with van der Waals surface area (Å²) in [5.41, 5.74) is 0.504. The first kappa shape index (κ1) is 13.0. The predicted molar refractivity (Wildman–Crippen MR) is 67.6 cm³/mol. The summed E-state index contributed by atoms with van der Waals surface area (Å²) in [4.78, 5) is 13.6. The molecule has 0 heterocycles. The van der Waals surface area contributed by atoms with Gasteiger partial charge < -0.3 is 10.0 Å². The van der Waals surface area contributed by atoms with Crippen molar-refractivity contribution in [2.45, 2.75) is 13.8 Å². The van der Waals surface area contributed by atoms with Crippen molar-refractivity contribution < 1.29 is 9.90 Å². The molecule has 1 aromatic rings. The summed E-state index contributed by atoms with van der Waals surface area (Å²) in [6.07, 6.45) is 0. The monoisotopic (exact) mass is 285 g/mol. The van der Waals surface area contributed by atoms with Crippen LogP contribution in [0.4, 0.5) is 0 Å². The normalized spacial score (nSPS) is 10.6.